The van der Waals surface area contributed by atoms with Crippen molar-refractivity contribution in [3.63, 3.8) is 0 Å². The maximum Gasteiger partial charge on any atom is 0.254 e. The molecule has 0 saturated heterocycles. The fourth-order valence-electron chi connectivity index (χ4n) is 0.578. The number of hydrogen-bond acceptors (Lipinski definition) is 3. The topological polar surface area (TPSA) is 43.3 Å². The molecule has 0 amide bonds. The number of rotatable bonds is 0. The van der Waals surface area contributed by atoms with E-state index in [1.54, 1.807) is 23.3 Å². The highest BCUT2D eigenvalue weighted by atomic mass is 16.5. The van der Waals surface area contributed by atoms with Crippen LogP contribution in [0.4, 0.5) is 0 Å². The number of nitrogens with zero attached hydrogens (tertiary/aromatic N) is 3. The van der Waals surface area contributed by atoms with Gasteiger partial charge in [-0.25, -0.2) is 4.98 Å². The molecule has 0 bridgehead atoms. The minimum atomic E-state index is 0.671. The van der Waals surface area contributed by atoms with Gasteiger partial charge in [-0.05, 0) is 0 Å². The lowest BCUT2D eigenvalue weighted by Crippen LogP contribution is -1.67. The van der Waals surface area contributed by atoms with Crippen molar-refractivity contribution in [3.05, 3.63) is 18.9 Å². The molecule has 40 valence electrons. The second-order valence-electron chi connectivity index (χ2n) is 1.45. The molecule has 0 spiro atoms. The van der Waals surface area contributed by atoms with Crippen molar-refractivity contribution in [1.29, 1.82) is 0 Å². The first kappa shape index (κ1) is 3.65. The molecule has 0 atom stereocenters. The second-order valence-corrected chi connectivity index (χ2v) is 1.45. The van der Waals surface area contributed by atoms with E-state index in [2.05, 4.69) is 10.1 Å². The third-order valence-electron chi connectivity index (χ3n) is 0.948. The summed E-state index contributed by atoms with van der Waals surface area (Å²) in [7, 11) is 0. The van der Waals surface area contributed by atoms with Crippen molar-refractivity contribution >= 4 is 5.71 Å². The SMILES string of the molecule is c1ncn2cnoc12. The fraction of sp³-hybridized carbons (Fsp3) is 0. The first-order chi connectivity index (χ1) is 3.97. The van der Waals surface area contributed by atoms with Gasteiger partial charge in [0.05, 0.1) is 6.20 Å². The molecule has 2 heterocycles. The minimum Gasteiger partial charge on any atom is -0.335 e. The van der Waals surface area contributed by atoms with Crippen molar-refractivity contribution < 1.29 is 4.52 Å². The van der Waals surface area contributed by atoms with Gasteiger partial charge in [0, 0.05) is 0 Å². The van der Waals surface area contributed by atoms with Crippen LogP contribution < -0.4 is 0 Å². The van der Waals surface area contributed by atoms with Crippen LogP contribution in [0.3, 0.4) is 0 Å². The molecule has 2 aromatic heterocycles. The Morgan fingerprint density at radius 2 is 2.50 bits per heavy atom. The Morgan fingerprint density at radius 1 is 1.50 bits per heavy atom. The zero-order valence-electron chi connectivity index (χ0n) is 3.98. The summed E-state index contributed by atoms with van der Waals surface area (Å²) in [5.41, 5.74) is 0.671. The van der Waals surface area contributed by atoms with Gasteiger partial charge >= 0.3 is 0 Å². The Morgan fingerprint density at radius 3 is 3.38 bits per heavy atom. The summed E-state index contributed by atoms with van der Waals surface area (Å²) in [5, 5.41) is 3.51. The van der Waals surface area contributed by atoms with Crippen LogP contribution in [-0.4, -0.2) is 14.5 Å². The number of hydrogen-bond donors (Lipinski definition) is 0. The number of imidazole rings is 1. The molecule has 4 nitrogen and oxygen atoms in total. The molecular weight excluding hydrogens is 106 g/mol. The van der Waals surface area contributed by atoms with E-state index in [-0.39, 0.29) is 0 Å². The van der Waals surface area contributed by atoms with Crippen LogP contribution in [-0.2, 0) is 0 Å². The lowest BCUT2D eigenvalue weighted by Gasteiger charge is -1.66. The Kier molecular flexibility index (Phi) is 0.498. The van der Waals surface area contributed by atoms with Gasteiger partial charge in [-0.3, -0.25) is 4.40 Å². The normalized spacial score (nSPS) is 10.5. The van der Waals surface area contributed by atoms with Crippen LogP contribution in [0.5, 0.6) is 0 Å². The zero-order chi connectivity index (χ0) is 5.40. The molecule has 2 rings (SSSR count). The Balaban J connectivity index is 3.06. The molecule has 0 aliphatic carbocycles. The van der Waals surface area contributed by atoms with Gasteiger partial charge < -0.3 is 4.52 Å². The van der Waals surface area contributed by atoms with E-state index >= 15 is 0 Å². The molecule has 0 aromatic carbocycles. The smallest absolute Gasteiger partial charge is 0.254 e. The summed E-state index contributed by atoms with van der Waals surface area (Å²) in [5.74, 6) is 0. The highest BCUT2D eigenvalue weighted by molar-refractivity contribution is 5.27. The van der Waals surface area contributed by atoms with Gasteiger partial charge in [-0.1, -0.05) is 5.16 Å². The summed E-state index contributed by atoms with van der Waals surface area (Å²) < 4.78 is 6.40. The number of fused-ring (bicyclic) bond motifs is 1. The van der Waals surface area contributed by atoms with E-state index in [9.17, 15) is 0 Å². The van der Waals surface area contributed by atoms with E-state index in [0.717, 1.165) is 0 Å². The van der Waals surface area contributed by atoms with E-state index in [0.29, 0.717) is 5.71 Å². The first-order valence-electron chi connectivity index (χ1n) is 2.19. The summed E-state index contributed by atoms with van der Waals surface area (Å²) >= 11 is 0. The maximum absolute atomic E-state index is 4.71. The highest BCUT2D eigenvalue weighted by Gasteiger charge is 1.91. The zero-order valence-corrected chi connectivity index (χ0v) is 3.98. The fourth-order valence-corrected chi connectivity index (χ4v) is 0.578. The van der Waals surface area contributed by atoms with Crippen LogP contribution in [0.1, 0.15) is 0 Å². The molecule has 0 aliphatic rings. The van der Waals surface area contributed by atoms with Crippen molar-refractivity contribution in [3.8, 4) is 0 Å². The van der Waals surface area contributed by atoms with Gasteiger partial charge in [0.15, 0.2) is 0 Å². The molecule has 0 N–H and O–H groups in total. The monoisotopic (exact) mass is 109 g/mol. The molecule has 0 aliphatic heterocycles. The van der Waals surface area contributed by atoms with E-state index < -0.39 is 0 Å². The molecule has 0 fully saturated rings. The average Bonchev–Trinajstić information content (AvgIpc) is 2.15. The van der Waals surface area contributed by atoms with Crippen LogP contribution in [0.2, 0.25) is 0 Å². The van der Waals surface area contributed by atoms with Gasteiger partial charge in [0.25, 0.3) is 5.71 Å². The third kappa shape index (κ3) is 0.294. The van der Waals surface area contributed by atoms with Crippen molar-refractivity contribution in [1.82, 2.24) is 14.5 Å². The Bertz CT molecular complexity index is 233. The Labute approximate surface area is 44.7 Å². The van der Waals surface area contributed by atoms with Crippen molar-refractivity contribution in [2.24, 2.45) is 0 Å². The van der Waals surface area contributed by atoms with Crippen molar-refractivity contribution in [2.45, 2.75) is 0 Å². The summed E-state index contributed by atoms with van der Waals surface area (Å²) in [4.78, 5) is 3.79. The molecule has 0 saturated carbocycles. The predicted molar refractivity (Wildman–Crippen MR) is 25.3 cm³/mol. The van der Waals surface area contributed by atoms with Crippen LogP contribution >= 0.6 is 0 Å². The minimum absolute atomic E-state index is 0.671. The van der Waals surface area contributed by atoms with Crippen LogP contribution in [0.25, 0.3) is 5.71 Å². The summed E-state index contributed by atoms with van der Waals surface area (Å²) in [6.45, 7) is 0. The lowest BCUT2D eigenvalue weighted by molar-refractivity contribution is 0.455. The summed E-state index contributed by atoms with van der Waals surface area (Å²) in [6.07, 6.45) is 4.79. The maximum atomic E-state index is 4.71. The van der Waals surface area contributed by atoms with E-state index in [1.165, 1.54) is 0 Å². The molecule has 0 radical (unpaired) electrons. The molecule has 4 heteroatoms. The average molecular weight is 109 g/mol. The summed E-state index contributed by atoms with van der Waals surface area (Å²) in [6, 6.07) is 0. The largest absolute Gasteiger partial charge is 0.335 e. The Hall–Kier alpha value is -1.32. The molecule has 0 unspecified atom stereocenters. The molecular formula is C4H3N3O. The molecule has 8 heavy (non-hydrogen) atoms. The first-order valence-corrected chi connectivity index (χ1v) is 2.19. The van der Waals surface area contributed by atoms with Crippen LogP contribution in [0, 0.1) is 0 Å². The molecule has 2 aromatic rings. The standard InChI is InChI=1S/C4H3N3O/c1-4-7(2-5-1)3-6-8-4/h1-3H. The van der Waals surface area contributed by atoms with Gasteiger partial charge in [0.2, 0.25) is 0 Å². The lowest BCUT2D eigenvalue weighted by atomic mass is 10.9. The van der Waals surface area contributed by atoms with E-state index in [1.807, 2.05) is 0 Å². The number of aromatic nitrogens is 3. The van der Waals surface area contributed by atoms with Crippen molar-refractivity contribution in [2.75, 3.05) is 0 Å². The van der Waals surface area contributed by atoms with Gasteiger partial charge in [-0.2, -0.15) is 0 Å². The predicted octanol–water partition coefficient (Wildman–Crippen LogP) is 0.322. The third-order valence-corrected chi connectivity index (χ3v) is 0.948. The van der Waals surface area contributed by atoms with E-state index in [4.69, 9.17) is 4.52 Å². The van der Waals surface area contributed by atoms with Crippen LogP contribution in [0.15, 0.2) is 23.4 Å². The van der Waals surface area contributed by atoms with Gasteiger partial charge in [-0.15, -0.1) is 0 Å². The van der Waals surface area contributed by atoms with Gasteiger partial charge in [0.1, 0.15) is 12.7 Å². The highest BCUT2D eigenvalue weighted by Crippen LogP contribution is 1.96. The quantitative estimate of drug-likeness (QED) is 0.489. The second kappa shape index (κ2) is 1.09.